The van der Waals surface area contributed by atoms with Crippen LogP contribution >= 0.6 is 11.8 Å². The normalized spacial score (nSPS) is 12.3. The zero-order valence-corrected chi connectivity index (χ0v) is 28.0. The van der Waals surface area contributed by atoms with Gasteiger partial charge in [-0.1, -0.05) is 107 Å². The summed E-state index contributed by atoms with van der Waals surface area (Å²) in [6, 6.07) is 25.5. The largest absolute Gasteiger partial charge is 0.494 e. The van der Waals surface area contributed by atoms with Crippen LogP contribution < -0.4 is 4.74 Å². The number of benzene rings is 3. The molecule has 4 aromatic rings. The molecule has 3 aromatic carbocycles. The third kappa shape index (κ3) is 10.4. The number of pyridine rings is 1. The van der Waals surface area contributed by atoms with Crippen molar-refractivity contribution < 1.29 is 22.8 Å². The molecule has 0 fully saturated rings. The van der Waals surface area contributed by atoms with Crippen LogP contribution in [0.1, 0.15) is 94.7 Å². The summed E-state index contributed by atoms with van der Waals surface area (Å²) in [4.78, 5) is 5.81. The van der Waals surface area contributed by atoms with Crippen LogP contribution in [0.4, 0.5) is 0 Å². The van der Waals surface area contributed by atoms with Gasteiger partial charge in [0.05, 0.1) is 12.3 Å². The van der Waals surface area contributed by atoms with Crippen molar-refractivity contribution in [1.29, 1.82) is 0 Å². The van der Waals surface area contributed by atoms with Crippen molar-refractivity contribution in [2.45, 2.75) is 98.8 Å². The third-order valence-electron chi connectivity index (χ3n) is 7.75. The fourth-order valence-corrected chi connectivity index (χ4v) is 7.10. The van der Waals surface area contributed by atoms with Crippen LogP contribution in [0.5, 0.6) is 5.75 Å². The number of aromatic nitrogens is 1. The summed E-state index contributed by atoms with van der Waals surface area (Å²) < 4.78 is 41.0. The van der Waals surface area contributed by atoms with Crippen LogP contribution in [0.25, 0.3) is 11.1 Å². The molecule has 0 saturated heterocycles. The molecule has 1 atom stereocenters. The number of hydrogen-bond donors (Lipinski definition) is 2. The predicted octanol–water partition coefficient (Wildman–Crippen LogP) is 9.70. The minimum atomic E-state index is -4.54. The van der Waals surface area contributed by atoms with Crippen LogP contribution in [0.3, 0.4) is 0 Å². The van der Waals surface area contributed by atoms with Gasteiger partial charge < -0.3 is 9.84 Å². The molecule has 6 nitrogen and oxygen atoms in total. The maximum Gasteiger partial charge on any atom is 0.295 e. The van der Waals surface area contributed by atoms with Gasteiger partial charge in [0.1, 0.15) is 16.7 Å². The standard InChI is InChI=1S/C37H45NO5S2/c1-3-5-7-8-9-10-11-15-29-16-14-19-34(38-29)37(39)33-18-13-12-17-32(33)28-20-25-35(36(27-28)45(40,41)42)44-31-23-21-30(22-24-31)43-26-6-4-2/h12-14,16-25,27,37,39H,3-11,15,26H2,1-2H3,(H,40,41,42). The van der Waals surface area contributed by atoms with Crippen LogP contribution in [0.15, 0.2) is 99.6 Å². The Kier molecular flexibility index (Phi) is 13.5. The molecular weight excluding hydrogens is 603 g/mol. The van der Waals surface area contributed by atoms with E-state index in [4.69, 9.17) is 9.72 Å². The minimum Gasteiger partial charge on any atom is -0.494 e. The van der Waals surface area contributed by atoms with E-state index in [2.05, 4.69) is 13.8 Å². The van der Waals surface area contributed by atoms with Gasteiger partial charge in [-0.05, 0) is 84.5 Å². The van der Waals surface area contributed by atoms with Crippen molar-refractivity contribution in [2.24, 2.45) is 0 Å². The molecule has 1 heterocycles. The molecule has 1 unspecified atom stereocenters. The second-order valence-corrected chi connectivity index (χ2v) is 13.8. The van der Waals surface area contributed by atoms with Gasteiger partial charge in [0, 0.05) is 15.5 Å². The van der Waals surface area contributed by atoms with Gasteiger partial charge in [-0.3, -0.25) is 9.54 Å². The number of aliphatic hydroxyl groups is 1. The summed E-state index contributed by atoms with van der Waals surface area (Å²) >= 11 is 1.25. The monoisotopic (exact) mass is 647 g/mol. The number of aliphatic hydroxyl groups excluding tert-OH is 1. The quantitative estimate of drug-likeness (QED) is 0.0820. The molecule has 45 heavy (non-hydrogen) atoms. The van der Waals surface area contributed by atoms with E-state index in [1.807, 2.05) is 72.8 Å². The van der Waals surface area contributed by atoms with Crippen LogP contribution in [-0.2, 0) is 16.5 Å². The van der Waals surface area contributed by atoms with Crippen molar-refractivity contribution in [1.82, 2.24) is 4.98 Å². The molecule has 1 aromatic heterocycles. The first kappa shape index (κ1) is 34.7. The summed E-state index contributed by atoms with van der Waals surface area (Å²) in [6.45, 7) is 4.98. The van der Waals surface area contributed by atoms with Gasteiger partial charge in [0.15, 0.2) is 0 Å². The maximum atomic E-state index is 12.5. The van der Waals surface area contributed by atoms with E-state index in [0.29, 0.717) is 33.9 Å². The van der Waals surface area contributed by atoms with Gasteiger partial charge in [-0.25, -0.2) is 0 Å². The van der Waals surface area contributed by atoms with Gasteiger partial charge >= 0.3 is 0 Å². The Morgan fingerprint density at radius 1 is 0.800 bits per heavy atom. The van der Waals surface area contributed by atoms with Crippen molar-refractivity contribution in [2.75, 3.05) is 6.61 Å². The summed E-state index contributed by atoms with van der Waals surface area (Å²) in [5.41, 5.74) is 3.35. The topological polar surface area (TPSA) is 96.7 Å². The molecular formula is C37H45NO5S2. The molecule has 240 valence electrons. The third-order valence-corrected chi connectivity index (χ3v) is 9.86. The number of ether oxygens (including phenoxy) is 1. The average Bonchev–Trinajstić information content (AvgIpc) is 3.05. The molecule has 8 heteroatoms. The Bertz CT molecular complexity index is 1610. The number of nitrogens with zero attached hydrogens (tertiary/aromatic N) is 1. The smallest absolute Gasteiger partial charge is 0.295 e. The lowest BCUT2D eigenvalue weighted by Gasteiger charge is -2.17. The van der Waals surface area contributed by atoms with Gasteiger partial charge in [-0.15, -0.1) is 0 Å². The molecule has 0 aliphatic heterocycles. The first-order valence-electron chi connectivity index (χ1n) is 16.1. The number of rotatable bonds is 18. The molecule has 2 N–H and O–H groups in total. The molecule has 4 rings (SSSR count). The van der Waals surface area contributed by atoms with Crippen molar-refractivity contribution in [3.63, 3.8) is 0 Å². The fourth-order valence-electron chi connectivity index (χ4n) is 5.24. The Morgan fingerprint density at radius 3 is 2.24 bits per heavy atom. The lowest BCUT2D eigenvalue weighted by molar-refractivity contribution is 0.215. The van der Waals surface area contributed by atoms with E-state index in [1.165, 1.54) is 56.4 Å². The maximum absolute atomic E-state index is 12.5. The van der Waals surface area contributed by atoms with E-state index in [-0.39, 0.29) is 4.90 Å². The summed E-state index contributed by atoms with van der Waals surface area (Å²) in [7, 11) is -4.54. The molecule has 0 aliphatic carbocycles. The summed E-state index contributed by atoms with van der Waals surface area (Å²) in [5.74, 6) is 0.756. The molecule has 0 bridgehead atoms. The second kappa shape index (κ2) is 17.5. The summed E-state index contributed by atoms with van der Waals surface area (Å²) in [5, 5.41) is 11.5. The lowest BCUT2D eigenvalue weighted by Crippen LogP contribution is -2.06. The predicted molar refractivity (Wildman–Crippen MR) is 183 cm³/mol. The molecule has 0 radical (unpaired) electrons. The van der Waals surface area contributed by atoms with E-state index in [9.17, 15) is 18.1 Å². The van der Waals surface area contributed by atoms with Crippen LogP contribution in [0, 0.1) is 0 Å². The Morgan fingerprint density at radius 2 is 1.51 bits per heavy atom. The highest BCUT2D eigenvalue weighted by atomic mass is 32.2. The van der Waals surface area contributed by atoms with Crippen LogP contribution in [-0.4, -0.2) is 29.7 Å². The Hall–Kier alpha value is -3.17. The molecule has 0 amide bonds. The fraction of sp³-hybridized carbons (Fsp3) is 0.378. The number of unbranched alkanes of at least 4 members (excludes halogenated alkanes) is 7. The van der Waals surface area contributed by atoms with Crippen molar-refractivity contribution in [3.05, 3.63) is 102 Å². The van der Waals surface area contributed by atoms with Gasteiger partial charge in [0.2, 0.25) is 0 Å². The zero-order valence-electron chi connectivity index (χ0n) is 26.3. The Balaban J connectivity index is 1.52. The molecule has 0 spiro atoms. The second-order valence-electron chi connectivity index (χ2n) is 11.3. The lowest BCUT2D eigenvalue weighted by atomic mass is 9.94. The highest BCUT2D eigenvalue weighted by Gasteiger charge is 2.21. The first-order valence-corrected chi connectivity index (χ1v) is 18.3. The minimum absolute atomic E-state index is 0.188. The van der Waals surface area contributed by atoms with E-state index in [1.54, 1.807) is 6.07 Å². The van der Waals surface area contributed by atoms with Crippen molar-refractivity contribution in [3.8, 4) is 16.9 Å². The van der Waals surface area contributed by atoms with Gasteiger partial charge in [-0.2, -0.15) is 8.42 Å². The molecule has 0 aliphatic rings. The van der Waals surface area contributed by atoms with E-state index >= 15 is 0 Å². The summed E-state index contributed by atoms with van der Waals surface area (Å²) in [6.07, 6.45) is 10.5. The average molecular weight is 648 g/mol. The highest BCUT2D eigenvalue weighted by Crippen LogP contribution is 2.38. The highest BCUT2D eigenvalue weighted by molar-refractivity contribution is 8.00. The SMILES string of the molecule is CCCCCCCCCc1cccc(C(O)c2ccccc2-c2ccc(Sc3ccc(OCCCC)cc3)c(S(=O)(=O)O)c2)n1. The first-order chi connectivity index (χ1) is 21.8. The Labute approximate surface area is 273 Å². The van der Waals surface area contributed by atoms with E-state index in [0.717, 1.165) is 42.0 Å². The van der Waals surface area contributed by atoms with Crippen molar-refractivity contribution >= 4 is 21.9 Å². The van der Waals surface area contributed by atoms with E-state index < -0.39 is 16.2 Å². The molecule has 0 saturated carbocycles. The number of aryl methyl sites for hydroxylation is 1. The number of hydrogen-bond acceptors (Lipinski definition) is 6. The van der Waals surface area contributed by atoms with Gasteiger partial charge in [0.25, 0.3) is 10.1 Å². The van der Waals surface area contributed by atoms with Crippen LogP contribution in [0.2, 0.25) is 0 Å². The zero-order chi connectivity index (χ0) is 32.1.